The molecule has 4 nitrogen and oxygen atoms in total. The number of hydrogen-bond donors (Lipinski definition) is 2. The second-order valence-electron chi connectivity index (χ2n) is 4.52. The van der Waals surface area contributed by atoms with Gasteiger partial charge in [-0.2, -0.15) is 0 Å². The molecule has 0 aromatic carbocycles. The highest BCUT2D eigenvalue weighted by Crippen LogP contribution is 2.32. The maximum atomic E-state index is 11.6. The summed E-state index contributed by atoms with van der Waals surface area (Å²) in [6, 6.07) is 0.179. The van der Waals surface area contributed by atoms with E-state index in [0.717, 1.165) is 32.5 Å². The van der Waals surface area contributed by atoms with Crippen LogP contribution < -0.4 is 11.1 Å². The third-order valence-corrected chi connectivity index (χ3v) is 3.04. The molecule has 1 fully saturated rings. The van der Waals surface area contributed by atoms with E-state index in [1.165, 1.54) is 0 Å². The smallest absolute Gasteiger partial charge is 0.240 e. The topological polar surface area (TPSA) is 58.4 Å². The van der Waals surface area contributed by atoms with Crippen LogP contribution in [0, 0.1) is 0 Å². The molecule has 1 aliphatic carbocycles. The van der Waals surface area contributed by atoms with Crippen molar-refractivity contribution in [1.29, 1.82) is 0 Å². The van der Waals surface area contributed by atoms with Crippen molar-refractivity contribution >= 4 is 30.7 Å². The number of amides is 1. The largest absolute Gasteiger partial charge is 0.351 e. The maximum Gasteiger partial charge on any atom is 0.240 e. The van der Waals surface area contributed by atoms with Gasteiger partial charge in [0, 0.05) is 12.6 Å². The van der Waals surface area contributed by atoms with Gasteiger partial charge in [-0.15, -0.1) is 24.8 Å². The van der Waals surface area contributed by atoms with Crippen LogP contribution >= 0.6 is 24.8 Å². The number of nitrogens with zero attached hydrogens (tertiary/aromatic N) is 1. The van der Waals surface area contributed by atoms with E-state index in [-0.39, 0.29) is 36.8 Å². The number of carbonyl (C=O) groups excluding carboxylic acids is 1. The average Bonchev–Trinajstić information content (AvgIpc) is 2.94. The van der Waals surface area contributed by atoms with Gasteiger partial charge in [0.15, 0.2) is 0 Å². The molecule has 1 unspecified atom stereocenters. The van der Waals surface area contributed by atoms with Crippen LogP contribution in [0.15, 0.2) is 0 Å². The molecule has 1 rings (SSSR count). The minimum absolute atomic E-state index is 0. The van der Waals surface area contributed by atoms with E-state index in [0.29, 0.717) is 0 Å². The van der Waals surface area contributed by atoms with Crippen molar-refractivity contribution in [2.75, 3.05) is 19.6 Å². The minimum atomic E-state index is -0.544. The standard InChI is InChI=1S/C11H23N3O.2ClH/c1-4-14(5-2)8-9(3)13-10(15)11(12)6-7-11;;/h9H,4-8,12H2,1-3H3,(H,13,15);2*1H. The number of halogens is 2. The molecule has 0 heterocycles. The van der Waals surface area contributed by atoms with E-state index in [2.05, 4.69) is 24.1 Å². The summed E-state index contributed by atoms with van der Waals surface area (Å²) in [6.07, 6.45) is 1.66. The zero-order chi connectivity index (χ0) is 11.5. The fourth-order valence-corrected chi connectivity index (χ4v) is 1.64. The molecule has 0 radical (unpaired) electrons. The quantitative estimate of drug-likeness (QED) is 0.770. The van der Waals surface area contributed by atoms with Crippen molar-refractivity contribution in [3.05, 3.63) is 0 Å². The van der Waals surface area contributed by atoms with Gasteiger partial charge in [-0.05, 0) is 32.9 Å². The van der Waals surface area contributed by atoms with Crippen molar-refractivity contribution in [3.8, 4) is 0 Å². The molecule has 0 aliphatic heterocycles. The number of hydrogen-bond acceptors (Lipinski definition) is 3. The van der Waals surface area contributed by atoms with E-state index in [4.69, 9.17) is 5.73 Å². The number of carbonyl (C=O) groups is 1. The summed E-state index contributed by atoms with van der Waals surface area (Å²) in [5.41, 5.74) is 5.26. The minimum Gasteiger partial charge on any atom is -0.351 e. The summed E-state index contributed by atoms with van der Waals surface area (Å²) in [6.45, 7) is 9.22. The first kappa shape index (κ1) is 19.3. The molecular formula is C11H25Cl2N3O. The second kappa shape index (κ2) is 8.14. The van der Waals surface area contributed by atoms with Crippen LogP contribution in [0.2, 0.25) is 0 Å². The highest BCUT2D eigenvalue weighted by atomic mass is 35.5. The Hall–Kier alpha value is -0.0300. The first-order chi connectivity index (χ1) is 7.01. The fourth-order valence-electron chi connectivity index (χ4n) is 1.64. The normalized spacial score (nSPS) is 17.7. The molecule has 104 valence electrons. The Labute approximate surface area is 117 Å². The molecule has 0 saturated heterocycles. The van der Waals surface area contributed by atoms with Crippen molar-refractivity contribution < 1.29 is 4.79 Å². The number of likely N-dealkylation sites (N-methyl/N-ethyl adjacent to an activating group) is 1. The molecule has 0 aromatic rings. The number of nitrogens with two attached hydrogens (primary N) is 1. The average molecular weight is 286 g/mol. The van der Waals surface area contributed by atoms with Crippen LogP contribution in [0.3, 0.4) is 0 Å². The zero-order valence-electron chi connectivity index (χ0n) is 10.9. The summed E-state index contributed by atoms with van der Waals surface area (Å²) in [7, 11) is 0. The van der Waals surface area contributed by atoms with Crippen LogP contribution in [0.4, 0.5) is 0 Å². The number of rotatable bonds is 6. The first-order valence-electron chi connectivity index (χ1n) is 5.84. The summed E-state index contributed by atoms with van der Waals surface area (Å²) in [5, 5.41) is 2.98. The van der Waals surface area contributed by atoms with Crippen LogP contribution in [0.1, 0.15) is 33.6 Å². The van der Waals surface area contributed by atoms with Crippen molar-refractivity contribution in [2.45, 2.75) is 45.2 Å². The third kappa shape index (κ3) is 5.91. The Morgan fingerprint density at radius 3 is 2.18 bits per heavy atom. The number of nitrogens with one attached hydrogen (secondary N) is 1. The summed E-state index contributed by atoms with van der Waals surface area (Å²) in [4.78, 5) is 13.9. The summed E-state index contributed by atoms with van der Waals surface area (Å²) in [5.74, 6) is 0.0159. The van der Waals surface area contributed by atoms with Crippen LogP contribution in [-0.2, 0) is 4.79 Å². The lowest BCUT2D eigenvalue weighted by Crippen LogP contribution is -2.49. The van der Waals surface area contributed by atoms with Gasteiger partial charge in [0.25, 0.3) is 0 Å². The lowest BCUT2D eigenvalue weighted by Gasteiger charge is -2.24. The molecule has 1 amide bonds. The van der Waals surface area contributed by atoms with Gasteiger partial charge >= 0.3 is 0 Å². The SMILES string of the molecule is CCN(CC)CC(C)NC(=O)C1(N)CC1.Cl.Cl. The Bertz CT molecular complexity index is 231. The molecular weight excluding hydrogens is 261 g/mol. The van der Waals surface area contributed by atoms with E-state index in [1.807, 2.05) is 6.92 Å². The van der Waals surface area contributed by atoms with E-state index in [1.54, 1.807) is 0 Å². The fraction of sp³-hybridized carbons (Fsp3) is 0.909. The highest BCUT2D eigenvalue weighted by Gasteiger charge is 2.46. The van der Waals surface area contributed by atoms with E-state index < -0.39 is 5.54 Å². The molecule has 1 saturated carbocycles. The third-order valence-electron chi connectivity index (χ3n) is 3.04. The van der Waals surface area contributed by atoms with Crippen molar-refractivity contribution in [3.63, 3.8) is 0 Å². The van der Waals surface area contributed by atoms with Gasteiger partial charge in [0.2, 0.25) is 5.91 Å². The molecule has 1 atom stereocenters. The molecule has 3 N–H and O–H groups in total. The monoisotopic (exact) mass is 285 g/mol. The first-order valence-corrected chi connectivity index (χ1v) is 5.84. The second-order valence-corrected chi connectivity index (χ2v) is 4.52. The van der Waals surface area contributed by atoms with E-state index >= 15 is 0 Å². The Kier molecular flexibility index (Phi) is 9.25. The lowest BCUT2D eigenvalue weighted by molar-refractivity contribution is -0.124. The van der Waals surface area contributed by atoms with Gasteiger partial charge in [0.1, 0.15) is 0 Å². The van der Waals surface area contributed by atoms with Gasteiger partial charge in [-0.25, -0.2) is 0 Å². The Morgan fingerprint density at radius 2 is 1.82 bits per heavy atom. The summed E-state index contributed by atoms with van der Waals surface area (Å²) >= 11 is 0. The molecule has 1 aliphatic rings. The predicted octanol–water partition coefficient (Wildman–Crippen LogP) is 1.17. The van der Waals surface area contributed by atoms with Gasteiger partial charge in [0.05, 0.1) is 5.54 Å². The molecule has 6 heteroatoms. The summed E-state index contributed by atoms with van der Waals surface area (Å²) < 4.78 is 0. The molecule has 0 aromatic heterocycles. The lowest BCUT2D eigenvalue weighted by atomic mass is 10.2. The highest BCUT2D eigenvalue weighted by molar-refractivity contribution is 5.89. The molecule has 17 heavy (non-hydrogen) atoms. The Balaban J connectivity index is 0. The molecule has 0 spiro atoms. The van der Waals surface area contributed by atoms with Gasteiger partial charge in [-0.3, -0.25) is 4.79 Å². The van der Waals surface area contributed by atoms with Gasteiger partial charge in [-0.1, -0.05) is 13.8 Å². The zero-order valence-corrected chi connectivity index (χ0v) is 12.5. The van der Waals surface area contributed by atoms with Crippen molar-refractivity contribution in [2.24, 2.45) is 5.73 Å². The van der Waals surface area contributed by atoms with Crippen LogP contribution in [0.5, 0.6) is 0 Å². The maximum absolute atomic E-state index is 11.6. The van der Waals surface area contributed by atoms with Crippen LogP contribution in [0.25, 0.3) is 0 Å². The van der Waals surface area contributed by atoms with Gasteiger partial charge < -0.3 is 16.0 Å². The van der Waals surface area contributed by atoms with Crippen LogP contribution in [-0.4, -0.2) is 42.0 Å². The Morgan fingerprint density at radius 1 is 1.35 bits per heavy atom. The predicted molar refractivity (Wildman–Crippen MR) is 76.0 cm³/mol. The van der Waals surface area contributed by atoms with E-state index in [9.17, 15) is 4.79 Å². The molecule has 0 bridgehead atoms. The van der Waals surface area contributed by atoms with Crippen molar-refractivity contribution in [1.82, 2.24) is 10.2 Å².